The predicted molar refractivity (Wildman–Crippen MR) is 166 cm³/mol. The average molecular weight is 523 g/mol. The Morgan fingerprint density at radius 1 is 0.632 bits per heavy atom. The van der Waals surface area contributed by atoms with Crippen molar-refractivity contribution in [3.8, 4) is 23.7 Å². The number of hydrogen-bond acceptors (Lipinski definition) is 2. The molecule has 4 fully saturated rings. The van der Waals surface area contributed by atoms with Crippen molar-refractivity contribution in [2.24, 2.45) is 23.7 Å². The molecule has 1 unspecified atom stereocenters. The van der Waals surface area contributed by atoms with Gasteiger partial charge in [0.25, 0.3) is 0 Å². The highest BCUT2D eigenvalue weighted by Crippen LogP contribution is 2.40. The summed E-state index contributed by atoms with van der Waals surface area (Å²) in [5.41, 5.74) is 0. The summed E-state index contributed by atoms with van der Waals surface area (Å²) in [6.45, 7) is 12.1. The zero-order valence-corrected chi connectivity index (χ0v) is 25.6. The highest BCUT2D eigenvalue weighted by Gasteiger charge is 2.38. The second-order valence-corrected chi connectivity index (χ2v) is 13.0. The minimum atomic E-state index is 0.931. The predicted octanol–water partition coefficient (Wildman–Crippen LogP) is 8.94. The van der Waals surface area contributed by atoms with Crippen LogP contribution in [0.4, 0.5) is 0 Å². The van der Waals surface area contributed by atoms with Crippen LogP contribution < -0.4 is 0 Å². The third-order valence-electron chi connectivity index (χ3n) is 9.97. The van der Waals surface area contributed by atoms with Crippen LogP contribution in [0.25, 0.3) is 0 Å². The lowest BCUT2D eigenvalue weighted by atomic mass is 9.69. The number of fused-ring (bicyclic) bond motifs is 11. The largest absolute Gasteiger partial charge is 0.303 e. The molecule has 4 aliphatic heterocycles. The molecule has 0 saturated carbocycles. The lowest BCUT2D eigenvalue weighted by molar-refractivity contribution is 0.0185. The number of unbranched alkanes of at least 4 members (excludes halogenated alkanes) is 6. The van der Waals surface area contributed by atoms with E-state index in [2.05, 4.69) is 33.5 Å². The highest BCUT2D eigenvalue weighted by atomic mass is 15.1. The summed E-state index contributed by atoms with van der Waals surface area (Å²) in [6.07, 6.45) is 28.0. The van der Waals surface area contributed by atoms with Gasteiger partial charge in [0.1, 0.15) is 0 Å². The maximum absolute atomic E-state index is 3.28. The molecule has 4 rings (SSSR count). The first-order valence-electron chi connectivity index (χ1n) is 17.0. The van der Waals surface area contributed by atoms with E-state index in [0.29, 0.717) is 0 Å². The zero-order valence-electron chi connectivity index (χ0n) is 25.6. The SMILES string of the molecule is CC#CCCCCCC[C@H]1CN2CCCCCCCCCC[C@@H]3C[C@@H](CN(CCCCC#CC)C3)[C@@H]1CC2. The summed E-state index contributed by atoms with van der Waals surface area (Å²) < 4.78 is 0. The van der Waals surface area contributed by atoms with Crippen LogP contribution in [-0.2, 0) is 0 Å². The van der Waals surface area contributed by atoms with Crippen LogP contribution in [-0.4, -0.2) is 49.1 Å². The van der Waals surface area contributed by atoms with Crippen molar-refractivity contribution in [3.05, 3.63) is 0 Å². The van der Waals surface area contributed by atoms with Crippen LogP contribution in [0.3, 0.4) is 0 Å². The van der Waals surface area contributed by atoms with Crippen molar-refractivity contribution in [3.63, 3.8) is 0 Å². The summed E-state index contributed by atoms with van der Waals surface area (Å²) in [5, 5.41) is 0. The molecule has 0 amide bonds. The molecule has 0 radical (unpaired) electrons. The molecule has 38 heavy (non-hydrogen) atoms. The van der Waals surface area contributed by atoms with Gasteiger partial charge in [-0.2, -0.15) is 0 Å². The molecule has 2 nitrogen and oxygen atoms in total. The van der Waals surface area contributed by atoms with Gasteiger partial charge in [-0.15, -0.1) is 23.7 Å². The molecule has 2 heteroatoms. The number of hydrogen-bond donors (Lipinski definition) is 0. The van der Waals surface area contributed by atoms with Gasteiger partial charge in [-0.05, 0) is 109 Å². The third-order valence-corrected chi connectivity index (χ3v) is 9.97. The molecule has 0 aromatic carbocycles. The van der Waals surface area contributed by atoms with E-state index in [1.165, 1.54) is 155 Å². The number of rotatable bonds is 10. The van der Waals surface area contributed by atoms with Crippen molar-refractivity contribution in [2.45, 2.75) is 142 Å². The molecular weight excluding hydrogens is 460 g/mol. The maximum atomic E-state index is 3.28. The maximum Gasteiger partial charge on any atom is 0.00890 e. The van der Waals surface area contributed by atoms with E-state index in [4.69, 9.17) is 0 Å². The van der Waals surface area contributed by atoms with Gasteiger partial charge in [0.15, 0.2) is 0 Å². The molecule has 4 heterocycles. The normalized spacial score (nSPS) is 29.5. The Bertz CT molecular complexity index is 721. The van der Waals surface area contributed by atoms with Gasteiger partial charge >= 0.3 is 0 Å². The smallest absolute Gasteiger partial charge is 0.00890 e. The van der Waals surface area contributed by atoms with Crippen molar-refractivity contribution < 1.29 is 0 Å². The molecular formula is C36H62N2. The molecule has 4 saturated heterocycles. The van der Waals surface area contributed by atoms with Crippen LogP contribution in [0, 0.1) is 47.4 Å². The van der Waals surface area contributed by atoms with Gasteiger partial charge in [-0.25, -0.2) is 0 Å². The van der Waals surface area contributed by atoms with Gasteiger partial charge in [0, 0.05) is 32.5 Å². The fourth-order valence-electron chi connectivity index (χ4n) is 7.91. The standard InChI is InChI=1S/C36H62N2/c1-3-5-7-9-12-16-20-24-34-31-37-26-21-18-14-11-10-13-15-19-23-33-29-35(36(34)25-28-37)32-38(30-33)27-22-17-8-6-4-2/h33-36H,7-32H2,1-2H3/t33-,34+,35+,36-/m1/s1. The molecule has 4 aliphatic rings. The van der Waals surface area contributed by atoms with Crippen molar-refractivity contribution in [1.82, 2.24) is 9.80 Å². The van der Waals surface area contributed by atoms with Gasteiger partial charge in [-0.3, -0.25) is 0 Å². The van der Waals surface area contributed by atoms with Crippen molar-refractivity contribution in [2.75, 3.05) is 39.3 Å². The summed E-state index contributed by atoms with van der Waals surface area (Å²) in [6, 6.07) is 0. The zero-order chi connectivity index (χ0) is 26.7. The lowest BCUT2D eigenvalue weighted by Gasteiger charge is -2.47. The monoisotopic (exact) mass is 522 g/mol. The molecule has 216 valence electrons. The van der Waals surface area contributed by atoms with Crippen LogP contribution >= 0.6 is 0 Å². The summed E-state index contributed by atoms with van der Waals surface area (Å²) >= 11 is 0. The summed E-state index contributed by atoms with van der Waals surface area (Å²) in [4.78, 5) is 5.79. The van der Waals surface area contributed by atoms with E-state index in [0.717, 1.165) is 36.5 Å². The van der Waals surface area contributed by atoms with Crippen LogP contribution in [0.2, 0.25) is 0 Å². The Morgan fingerprint density at radius 2 is 1.32 bits per heavy atom. The first-order valence-corrected chi connectivity index (χ1v) is 17.0. The van der Waals surface area contributed by atoms with Crippen LogP contribution in [0.15, 0.2) is 0 Å². The highest BCUT2D eigenvalue weighted by molar-refractivity contribution is 4.95. The van der Waals surface area contributed by atoms with E-state index in [9.17, 15) is 0 Å². The van der Waals surface area contributed by atoms with Gasteiger partial charge in [0.05, 0.1) is 0 Å². The van der Waals surface area contributed by atoms with Crippen molar-refractivity contribution in [1.29, 1.82) is 0 Å². The first kappa shape index (κ1) is 31.6. The summed E-state index contributed by atoms with van der Waals surface area (Å²) in [7, 11) is 0. The van der Waals surface area contributed by atoms with Gasteiger partial charge < -0.3 is 9.80 Å². The Labute approximate surface area is 238 Å². The minimum absolute atomic E-state index is 0.931. The Balaban J connectivity index is 1.62. The molecule has 0 aromatic rings. The molecule has 0 spiro atoms. The van der Waals surface area contributed by atoms with Gasteiger partial charge in [-0.1, -0.05) is 64.2 Å². The van der Waals surface area contributed by atoms with E-state index in [-0.39, 0.29) is 0 Å². The molecule has 0 N–H and O–H groups in total. The minimum Gasteiger partial charge on any atom is -0.303 e. The molecule has 0 aliphatic carbocycles. The fraction of sp³-hybridized carbons (Fsp3) is 0.889. The number of piperidine rings is 2. The van der Waals surface area contributed by atoms with E-state index in [1.807, 2.05) is 13.8 Å². The molecule has 0 aromatic heterocycles. The number of likely N-dealkylation sites (tertiary alicyclic amines) is 1. The van der Waals surface area contributed by atoms with Crippen LogP contribution in [0.5, 0.6) is 0 Å². The van der Waals surface area contributed by atoms with Gasteiger partial charge in [0.2, 0.25) is 0 Å². The van der Waals surface area contributed by atoms with Crippen molar-refractivity contribution >= 4 is 0 Å². The Kier molecular flexibility index (Phi) is 16.6. The Morgan fingerprint density at radius 3 is 2.08 bits per heavy atom. The second-order valence-electron chi connectivity index (χ2n) is 13.0. The lowest BCUT2D eigenvalue weighted by Crippen LogP contribution is -2.49. The van der Waals surface area contributed by atoms with E-state index in [1.54, 1.807) is 0 Å². The quantitative estimate of drug-likeness (QED) is 0.209. The van der Waals surface area contributed by atoms with E-state index >= 15 is 0 Å². The third kappa shape index (κ3) is 12.5. The molecule has 4 bridgehead atoms. The first-order chi connectivity index (χ1) is 18.8. The van der Waals surface area contributed by atoms with E-state index < -0.39 is 0 Å². The fourth-order valence-corrected chi connectivity index (χ4v) is 7.91. The molecule has 5 atom stereocenters. The topological polar surface area (TPSA) is 6.48 Å². The summed E-state index contributed by atoms with van der Waals surface area (Å²) in [5.74, 6) is 16.5. The average Bonchev–Trinajstić information content (AvgIpc) is 2.93. The van der Waals surface area contributed by atoms with Crippen LogP contribution in [0.1, 0.15) is 142 Å². The Hall–Kier alpha value is -0.960. The number of nitrogens with zero attached hydrogens (tertiary/aromatic N) is 2. The second kappa shape index (κ2) is 20.0.